The fourth-order valence-electron chi connectivity index (χ4n) is 1.54. The maximum absolute atomic E-state index is 12.8. The van der Waals surface area contributed by atoms with Crippen molar-refractivity contribution in [3.63, 3.8) is 0 Å². The summed E-state index contributed by atoms with van der Waals surface area (Å²) in [7, 11) is -3.37. The number of aromatic nitrogens is 2. The summed E-state index contributed by atoms with van der Waals surface area (Å²) in [4.78, 5) is 0. The predicted molar refractivity (Wildman–Crippen MR) is 78.5 cm³/mol. The van der Waals surface area contributed by atoms with Gasteiger partial charge in [-0.2, -0.15) is 5.10 Å². The van der Waals surface area contributed by atoms with Crippen molar-refractivity contribution in [2.75, 3.05) is 10.5 Å². The van der Waals surface area contributed by atoms with Crippen LogP contribution in [-0.4, -0.2) is 24.0 Å². The fourth-order valence-corrected chi connectivity index (χ4v) is 2.68. The number of sulfonamides is 1. The van der Waals surface area contributed by atoms with Crippen molar-refractivity contribution in [2.45, 2.75) is 13.5 Å². The number of anilines is 1. The summed E-state index contributed by atoms with van der Waals surface area (Å²) in [5.41, 5.74) is 0.867. The zero-order valence-electron chi connectivity index (χ0n) is 10.7. The third-order valence-electron chi connectivity index (χ3n) is 2.61. The van der Waals surface area contributed by atoms with E-state index in [1.165, 1.54) is 12.1 Å². The number of benzene rings is 1. The second-order valence-corrected chi connectivity index (χ2v) is 7.02. The molecule has 1 N–H and O–H groups in total. The molecule has 0 fully saturated rings. The molecule has 0 saturated heterocycles. The molecule has 5 nitrogen and oxygen atoms in total. The number of hydrogen-bond acceptors (Lipinski definition) is 3. The zero-order valence-corrected chi connectivity index (χ0v) is 13.1. The molecule has 0 aliphatic carbocycles. The molecule has 0 saturated carbocycles. The van der Waals surface area contributed by atoms with E-state index < -0.39 is 10.0 Å². The number of nitrogens with zero attached hydrogens (tertiary/aromatic N) is 2. The number of rotatable bonds is 5. The molecule has 1 aromatic carbocycles. The Morgan fingerprint density at radius 2 is 2.00 bits per heavy atom. The topological polar surface area (TPSA) is 64.0 Å². The van der Waals surface area contributed by atoms with Crippen molar-refractivity contribution in [2.24, 2.45) is 0 Å². The smallest absolute Gasteiger partial charge is 0.233 e. The van der Waals surface area contributed by atoms with E-state index in [-0.39, 0.29) is 17.4 Å². The van der Waals surface area contributed by atoms with E-state index in [1.807, 2.05) is 0 Å². The summed E-state index contributed by atoms with van der Waals surface area (Å²) in [5.74, 6) is -0.0784. The van der Waals surface area contributed by atoms with Gasteiger partial charge in [0.05, 0.1) is 16.8 Å². The van der Waals surface area contributed by atoms with Gasteiger partial charge in [0.2, 0.25) is 10.0 Å². The Morgan fingerprint density at radius 1 is 1.35 bits per heavy atom. The van der Waals surface area contributed by atoms with Gasteiger partial charge in [0.15, 0.2) is 5.82 Å². The summed E-state index contributed by atoms with van der Waals surface area (Å²) in [6, 6.07) is 6.05. The highest BCUT2D eigenvalue weighted by molar-refractivity contribution is 9.10. The van der Waals surface area contributed by atoms with Crippen molar-refractivity contribution in [3.8, 4) is 0 Å². The van der Waals surface area contributed by atoms with Crippen molar-refractivity contribution >= 4 is 31.8 Å². The molecule has 1 heterocycles. The van der Waals surface area contributed by atoms with E-state index in [0.29, 0.717) is 11.0 Å². The highest BCUT2D eigenvalue weighted by atomic mass is 79.9. The van der Waals surface area contributed by atoms with Crippen molar-refractivity contribution < 1.29 is 12.8 Å². The Kier molecular flexibility index (Phi) is 4.44. The molecule has 0 aliphatic heterocycles. The van der Waals surface area contributed by atoms with Crippen LogP contribution < -0.4 is 4.72 Å². The molecule has 0 spiro atoms. The molecule has 0 atom stereocenters. The first kappa shape index (κ1) is 15.0. The van der Waals surface area contributed by atoms with Gasteiger partial charge in [0.25, 0.3) is 0 Å². The minimum absolute atomic E-state index is 0.0235. The third-order valence-corrected chi connectivity index (χ3v) is 4.45. The second-order valence-electron chi connectivity index (χ2n) is 4.16. The molecule has 0 bridgehead atoms. The second kappa shape index (κ2) is 5.92. The van der Waals surface area contributed by atoms with Gasteiger partial charge in [0, 0.05) is 6.20 Å². The Balaban J connectivity index is 2.17. The first-order valence-electron chi connectivity index (χ1n) is 5.87. The Morgan fingerprint density at radius 3 is 2.60 bits per heavy atom. The van der Waals surface area contributed by atoms with Crippen molar-refractivity contribution in [1.82, 2.24) is 9.78 Å². The van der Waals surface area contributed by atoms with Crippen LogP contribution in [0.25, 0.3) is 0 Å². The molecule has 2 rings (SSSR count). The monoisotopic (exact) mass is 361 g/mol. The van der Waals surface area contributed by atoms with Crippen LogP contribution in [0, 0.1) is 5.82 Å². The summed E-state index contributed by atoms with van der Waals surface area (Å²) in [5, 5.41) is 4.15. The van der Waals surface area contributed by atoms with Crippen molar-refractivity contribution in [1.29, 1.82) is 0 Å². The zero-order chi connectivity index (χ0) is 14.8. The Labute approximate surface area is 125 Å². The van der Waals surface area contributed by atoms with Gasteiger partial charge >= 0.3 is 0 Å². The molecule has 0 unspecified atom stereocenters. The maximum atomic E-state index is 12.8. The largest absolute Gasteiger partial charge is 0.265 e. The average Bonchev–Trinajstić information content (AvgIpc) is 2.72. The number of halogens is 2. The standard InChI is InChI=1S/C12H13BrFN3O2S/c1-2-20(18,19)16-12-11(13)8-17(15-12)7-9-3-5-10(14)6-4-9/h3-6,8H,2,7H2,1H3,(H,15,16). The minimum atomic E-state index is -3.37. The molecule has 1 aromatic heterocycles. The van der Waals surface area contributed by atoms with Crippen molar-refractivity contribution in [3.05, 3.63) is 46.3 Å². The van der Waals surface area contributed by atoms with Crippen LogP contribution >= 0.6 is 15.9 Å². The molecule has 20 heavy (non-hydrogen) atoms. The minimum Gasteiger partial charge on any atom is -0.265 e. The van der Waals surface area contributed by atoms with Crippen LogP contribution in [0.4, 0.5) is 10.2 Å². The lowest BCUT2D eigenvalue weighted by Gasteiger charge is -2.03. The van der Waals surface area contributed by atoms with Gasteiger partial charge in [-0.1, -0.05) is 12.1 Å². The third kappa shape index (κ3) is 3.80. The van der Waals surface area contributed by atoms with Gasteiger partial charge in [-0.15, -0.1) is 0 Å². The predicted octanol–water partition coefficient (Wildman–Crippen LogP) is 2.59. The summed E-state index contributed by atoms with van der Waals surface area (Å²) < 4.78 is 40.3. The highest BCUT2D eigenvalue weighted by Gasteiger charge is 2.13. The molecular formula is C12H13BrFN3O2S. The molecule has 0 aliphatic rings. The maximum Gasteiger partial charge on any atom is 0.233 e. The van der Waals surface area contributed by atoms with Gasteiger partial charge < -0.3 is 0 Å². The first-order valence-corrected chi connectivity index (χ1v) is 8.32. The van der Waals surface area contributed by atoms with Gasteiger partial charge in [-0.25, -0.2) is 12.8 Å². The Bertz CT molecular complexity index is 698. The first-order chi connectivity index (χ1) is 9.39. The quantitative estimate of drug-likeness (QED) is 0.889. The van der Waals surface area contributed by atoms with E-state index in [1.54, 1.807) is 29.9 Å². The van der Waals surface area contributed by atoms with Gasteiger partial charge in [-0.3, -0.25) is 9.40 Å². The van der Waals surface area contributed by atoms with E-state index in [9.17, 15) is 12.8 Å². The van der Waals surface area contributed by atoms with Crippen LogP contribution in [0.2, 0.25) is 0 Å². The SMILES string of the molecule is CCS(=O)(=O)Nc1nn(Cc2ccc(F)cc2)cc1Br. The van der Waals surface area contributed by atoms with Crippen LogP contribution in [0.5, 0.6) is 0 Å². The van der Waals surface area contributed by atoms with E-state index in [4.69, 9.17) is 0 Å². The van der Waals surface area contributed by atoms with Gasteiger partial charge in [0.1, 0.15) is 5.82 Å². The van der Waals surface area contributed by atoms with Crippen LogP contribution in [0.15, 0.2) is 34.9 Å². The summed E-state index contributed by atoms with van der Waals surface area (Å²) >= 11 is 3.25. The molecule has 2 aromatic rings. The fraction of sp³-hybridized carbons (Fsp3) is 0.250. The highest BCUT2D eigenvalue weighted by Crippen LogP contribution is 2.21. The molecule has 108 valence electrons. The van der Waals surface area contributed by atoms with E-state index in [2.05, 4.69) is 25.8 Å². The lowest BCUT2D eigenvalue weighted by atomic mass is 10.2. The average molecular weight is 362 g/mol. The Hall–Kier alpha value is -1.41. The number of nitrogens with one attached hydrogen (secondary N) is 1. The molecule has 0 radical (unpaired) electrons. The lowest BCUT2D eigenvalue weighted by molar-refractivity contribution is 0.601. The number of hydrogen-bond donors (Lipinski definition) is 1. The van der Waals surface area contributed by atoms with Crippen LogP contribution in [0.3, 0.4) is 0 Å². The normalized spacial score (nSPS) is 11.6. The lowest BCUT2D eigenvalue weighted by Crippen LogP contribution is -2.15. The van der Waals surface area contributed by atoms with Crippen LogP contribution in [-0.2, 0) is 16.6 Å². The van der Waals surface area contributed by atoms with E-state index >= 15 is 0 Å². The molecule has 8 heteroatoms. The summed E-state index contributed by atoms with van der Waals surface area (Å²) in [6.07, 6.45) is 1.66. The summed E-state index contributed by atoms with van der Waals surface area (Å²) in [6.45, 7) is 1.97. The molecular weight excluding hydrogens is 349 g/mol. The van der Waals surface area contributed by atoms with Crippen LogP contribution in [0.1, 0.15) is 12.5 Å². The van der Waals surface area contributed by atoms with E-state index in [0.717, 1.165) is 5.56 Å². The molecule has 0 amide bonds. The van der Waals surface area contributed by atoms with Gasteiger partial charge in [-0.05, 0) is 40.5 Å².